The van der Waals surface area contributed by atoms with Crippen molar-refractivity contribution >= 4 is 11.5 Å². The van der Waals surface area contributed by atoms with Crippen LogP contribution in [0.1, 0.15) is 6.42 Å². The number of fused-ring (bicyclic) bond motifs is 2. The Morgan fingerprint density at radius 1 is 1.07 bits per heavy atom. The molecule has 2 bridgehead atoms. The molecule has 0 amide bonds. The van der Waals surface area contributed by atoms with Crippen LogP contribution in [0.5, 0.6) is 0 Å². The number of Topliss-reactive ketones (excluding diaryl/α,β-unsaturated/α-hetero) is 1. The van der Waals surface area contributed by atoms with E-state index in [9.17, 15) is 4.79 Å². The van der Waals surface area contributed by atoms with Crippen molar-refractivity contribution in [2.75, 3.05) is 7.05 Å². The molecule has 0 spiro atoms. The Morgan fingerprint density at radius 3 is 2.57 bits per heavy atom. The van der Waals surface area contributed by atoms with Crippen molar-refractivity contribution in [1.82, 2.24) is 0 Å². The molecular formula is C12H13NO. The summed E-state index contributed by atoms with van der Waals surface area (Å²) in [5.74, 6) is 6.14. The van der Waals surface area contributed by atoms with E-state index in [0.717, 1.165) is 23.7 Å². The third-order valence-electron chi connectivity index (χ3n) is 6.10. The van der Waals surface area contributed by atoms with E-state index in [-0.39, 0.29) is 0 Å². The van der Waals surface area contributed by atoms with Gasteiger partial charge in [-0.3, -0.25) is 9.79 Å². The van der Waals surface area contributed by atoms with Crippen LogP contribution < -0.4 is 0 Å². The Bertz CT molecular complexity index is 413. The fourth-order valence-corrected chi connectivity index (χ4v) is 6.13. The third kappa shape index (κ3) is 0.369. The minimum atomic E-state index is 0.434. The summed E-state index contributed by atoms with van der Waals surface area (Å²) in [7, 11) is 1.94. The lowest BCUT2D eigenvalue weighted by atomic mass is 9.59. The fourth-order valence-electron chi connectivity index (χ4n) is 6.13. The van der Waals surface area contributed by atoms with Gasteiger partial charge in [0.05, 0.1) is 0 Å². The van der Waals surface area contributed by atoms with Crippen LogP contribution in [0, 0.1) is 47.3 Å². The lowest BCUT2D eigenvalue weighted by Gasteiger charge is -2.43. The molecule has 14 heavy (non-hydrogen) atoms. The molecule has 5 fully saturated rings. The molecular weight excluding hydrogens is 174 g/mol. The maximum absolute atomic E-state index is 12.1. The SMILES string of the molecule is CN=C1[C@@H]2[C@H]3C[C@H]4[C@@H]2C(=O)[C@H]2[C@H]1[C@@H]3[C@@H]42. The van der Waals surface area contributed by atoms with Crippen LogP contribution in [0.4, 0.5) is 0 Å². The summed E-state index contributed by atoms with van der Waals surface area (Å²) >= 11 is 0. The number of hydrogen-bond donors (Lipinski definition) is 0. The van der Waals surface area contributed by atoms with Gasteiger partial charge in [-0.2, -0.15) is 0 Å². The highest BCUT2D eigenvalue weighted by Gasteiger charge is 2.82. The Labute approximate surface area is 82.8 Å². The maximum atomic E-state index is 12.1. The predicted molar refractivity (Wildman–Crippen MR) is 50.9 cm³/mol. The summed E-state index contributed by atoms with van der Waals surface area (Å²) < 4.78 is 0. The zero-order valence-corrected chi connectivity index (χ0v) is 8.18. The van der Waals surface area contributed by atoms with E-state index in [1.165, 1.54) is 12.1 Å². The lowest BCUT2D eigenvalue weighted by Crippen LogP contribution is -2.48. The smallest absolute Gasteiger partial charge is 0.140 e. The van der Waals surface area contributed by atoms with E-state index in [1.54, 1.807) is 0 Å². The maximum Gasteiger partial charge on any atom is 0.140 e. The molecule has 0 radical (unpaired) electrons. The summed E-state index contributed by atoms with van der Waals surface area (Å²) in [5, 5.41) is 0. The number of nitrogens with zero attached hydrogens (tertiary/aromatic N) is 1. The van der Waals surface area contributed by atoms with Gasteiger partial charge in [0.1, 0.15) is 5.78 Å². The molecule has 5 aliphatic carbocycles. The van der Waals surface area contributed by atoms with E-state index in [0.29, 0.717) is 29.5 Å². The average molecular weight is 187 g/mol. The molecule has 5 aliphatic rings. The Kier molecular flexibility index (Phi) is 0.780. The minimum Gasteiger partial charge on any atom is -0.299 e. The molecule has 8 atom stereocenters. The quantitative estimate of drug-likeness (QED) is 0.556. The largest absolute Gasteiger partial charge is 0.299 e. The van der Waals surface area contributed by atoms with E-state index in [1.807, 2.05) is 7.05 Å². The van der Waals surface area contributed by atoms with Crippen molar-refractivity contribution in [2.45, 2.75) is 6.42 Å². The lowest BCUT2D eigenvalue weighted by molar-refractivity contribution is -0.129. The fraction of sp³-hybridized carbons (Fsp3) is 0.833. The van der Waals surface area contributed by atoms with E-state index in [4.69, 9.17) is 0 Å². The van der Waals surface area contributed by atoms with Gasteiger partial charge in [0, 0.05) is 36.4 Å². The Morgan fingerprint density at radius 2 is 1.79 bits per heavy atom. The second kappa shape index (κ2) is 1.62. The highest BCUT2D eigenvalue weighted by molar-refractivity contribution is 6.08. The Hall–Kier alpha value is -0.660. The van der Waals surface area contributed by atoms with Gasteiger partial charge in [0.2, 0.25) is 0 Å². The summed E-state index contributed by atoms with van der Waals surface area (Å²) in [6, 6.07) is 0. The van der Waals surface area contributed by atoms with Crippen LogP contribution >= 0.6 is 0 Å². The van der Waals surface area contributed by atoms with E-state index in [2.05, 4.69) is 4.99 Å². The van der Waals surface area contributed by atoms with Crippen molar-refractivity contribution in [3.05, 3.63) is 0 Å². The molecule has 72 valence electrons. The number of carbonyl (C=O) groups is 1. The van der Waals surface area contributed by atoms with Crippen molar-refractivity contribution in [3.63, 3.8) is 0 Å². The first-order valence-corrected chi connectivity index (χ1v) is 5.85. The number of aliphatic imine (C=N–C) groups is 1. The monoisotopic (exact) mass is 187 g/mol. The standard InChI is InChI=1S/C12H13NO/c1-13-11-7-3-2-4-6-5(3)9(11)10(6)12(14)8(4)7/h3-10H,2H2,1H3/t3-,4+,5-,6+,7+,8-,9+,10+/m0/s1. The highest BCUT2D eigenvalue weighted by Crippen LogP contribution is 2.80. The van der Waals surface area contributed by atoms with E-state index < -0.39 is 0 Å². The Balaban J connectivity index is 1.87. The second-order valence-electron chi connectivity index (χ2n) is 5.87. The van der Waals surface area contributed by atoms with Crippen molar-refractivity contribution in [2.24, 2.45) is 52.3 Å². The molecule has 5 saturated carbocycles. The predicted octanol–water partition coefficient (Wildman–Crippen LogP) is 1.01. The molecule has 0 aromatic heterocycles. The topological polar surface area (TPSA) is 29.4 Å². The molecule has 2 heteroatoms. The van der Waals surface area contributed by atoms with Crippen LogP contribution in [0.15, 0.2) is 4.99 Å². The van der Waals surface area contributed by atoms with Crippen LogP contribution in [-0.2, 0) is 4.79 Å². The van der Waals surface area contributed by atoms with Crippen LogP contribution in [0.25, 0.3) is 0 Å². The van der Waals surface area contributed by atoms with Gasteiger partial charge in [0.25, 0.3) is 0 Å². The van der Waals surface area contributed by atoms with Gasteiger partial charge in [-0.15, -0.1) is 0 Å². The average Bonchev–Trinajstić information content (AvgIpc) is 2.62. The van der Waals surface area contributed by atoms with Crippen molar-refractivity contribution in [3.8, 4) is 0 Å². The van der Waals surface area contributed by atoms with Gasteiger partial charge in [-0.05, 0) is 30.1 Å². The molecule has 0 heterocycles. The third-order valence-corrected chi connectivity index (χ3v) is 6.10. The first-order chi connectivity index (χ1) is 6.84. The summed E-state index contributed by atoms with van der Waals surface area (Å²) in [4.78, 5) is 16.6. The van der Waals surface area contributed by atoms with Crippen LogP contribution in [0.2, 0.25) is 0 Å². The van der Waals surface area contributed by atoms with Gasteiger partial charge < -0.3 is 0 Å². The molecule has 2 nitrogen and oxygen atoms in total. The van der Waals surface area contributed by atoms with Gasteiger partial charge in [-0.1, -0.05) is 0 Å². The molecule has 5 rings (SSSR count). The molecule has 0 aliphatic heterocycles. The van der Waals surface area contributed by atoms with Gasteiger partial charge in [-0.25, -0.2) is 0 Å². The van der Waals surface area contributed by atoms with E-state index >= 15 is 0 Å². The number of rotatable bonds is 0. The zero-order chi connectivity index (χ0) is 9.19. The number of carbonyl (C=O) groups excluding carboxylic acids is 1. The highest BCUT2D eigenvalue weighted by atomic mass is 16.1. The second-order valence-corrected chi connectivity index (χ2v) is 5.87. The molecule has 0 aromatic carbocycles. The first kappa shape index (κ1) is 6.76. The molecule has 0 unspecified atom stereocenters. The van der Waals surface area contributed by atoms with Crippen molar-refractivity contribution in [1.29, 1.82) is 0 Å². The summed E-state index contributed by atoms with van der Waals surface area (Å²) in [6.07, 6.45) is 1.36. The molecule has 0 N–H and O–H groups in total. The van der Waals surface area contributed by atoms with Crippen LogP contribution in [0.3, 0.4) is 0 Å². The molecule has 0 aromatic rings. The van der Waals surface area contributed by atoms with Crippen LogP contribution in [-0.4, -0.2) is 18.5 Å². The zero-order valence-electron chi connectivity index (χ0n) is 8.18. The van der Waals surface area contributed by atoms with Gasteiger partial charge >= 0.3 is 0 Å². The first-order valence-electron chi connectivity index (χ1n) is 5.85. The summed E-state index contributed by atoms with van der Waals surface area (Å²) in [6.45, 7) is 0. The minimum absolute atomic E-state index is 0.434. The number of hydrogen-bond acceptors (Lipinski definition) is 2. The normalized spacial score (nSPS) is 72.6. The summed E-state index contributed by atoms with van der Waals surface area (Å²) in [5.41, 5.74) is 1.45. The van der Waals surface area contributed by atoms with Gasteiger partial charge in [0.15, 0.2) is 0 Å². The number of ketones is 1. The molecule has 0 saturated heterocycles. The van der Waals surface area contributed by atoms with Crippen molar-refractivity contribution < 1.29 is 4.79 Å².